The normalized spacial score (nSPS) is 13.1. The predicted octanol–water partition coefficient (Wildman–Crippen LogP) is 0.967. The smallest absolute Gasteiger partial charge is 0.326 e. The standard InChI is InChI=1S/C12H18N2O4/c1-12(2,3)9(11(16)17)14-10(15)8-5-4-7(6-13)18-8/h4-5,9H,6,13H2,1-3H3,(H,14,15)(H,16,17). The fourth-order valence-corrected chi connectivity index (χ4v) is 1.46. The molecule has 1 aromatic heterocycles. The van der Waals surface area contributed by atoms with Gasteiger partial charge >= 0.3 is 5.97 Å². The van der Waals surface area contributed by atoms with E-state index < -0.39 is 23.3 Å². The van der Waals surface area contributed by atoms with E-state index in [4.69, 9.17) is 15.3 Å². The molecule has 0 saturated carbocycles. The van der Waals surface area contributed by atoms with Crippen LogP contribution < -0.4 is 11.1 Å². The summed E-state index contributed by atoms with van der Waals surface area (Å²) >= 11 is 0. The molecule has 0 aliphatic carbocycles. The molecular formula is C12H18N2O4. The number of carbonyl (C=O) groups is 2. The van der Waals surface area contributed by atoms with Crippen LogP contribution in [0, 0.1) is 5.41 Å². The van der Waals surface area contributed by atoms with Gasteiger partial charge in [-0.1, -0.05) is 20.8 Å². The fourth-order valence-electron chi connectivity index (χ4n) is 1.46. The average Bonchev–Trinajstić information content (AvgIpc) is 2.71. The first kappa shape index (κ1) is 14.2. The molecule has 0 radical (unpaired) electrons. The van der Waals surface area contributed by atoms with Crippen LogP contribution in [0.4, 0.5) is 0 Å². The summed E-state index contributed by atoms with van der Waals surface area (Å²) in [6, 6.07) is 2.07. The molecule has 4 N–H and O–H groups in total. The van der Waals surface area contributed by atoms with Crippen LogP contribution in [0.2, 0.25) is 0 Å². The van der Waals surface area contributed by atoms with Crippen molar-refractivity contribution in [3.63, 3.8) is 0 Å². The molecule has 1 atom stereocenters. The predicted molar refractivity (Wildman–Crippen MR) is 64.9 cm³/mol. The van der Waals surface area contributed by atoms with Crippen molar-refractivity contribution >= 4 is 11.9 Å². The van der Waals surface area contributed by atoms with Crippen molar-refractivity contribution in [1.29, 1.82) is 0 Å². The molecule has 0 aliphatic heterocycles. The minimum absolute atomic E-state index is 0.0611. The monoisotopic (exact) mass is 254 g/mol. The molecule has 0 aromatic carbocycles. The van der Waals surface area contributed by atoms with E-state index in [1.54, 1.807) is 26.8 Å². The van der Waals surface area contributed by atoms with Crippen LogP contribution in [-0.2, 0) is 11.3 Å². The molecule has 0 bridgehead atoms. The lowest BCUT2D eigenvalue weighted by Gasteiger charge is -2.27. The molecule has 1 heterocycles. The fraction of sp³-hybridized carbons (Fsp3) is 0.500. The molecule has 18 heavy (non-hydrogen) atoms. The first-order valence-electron chi connectivity index (χ1n) is 5.58. The van der Waals surface area contributed by atoms with Crippen LogP contribution in [0.1, 0.15) is 37.1 Å². The van der Waals surface area contributed by atoms with Gasteiger partial charge in [0.15, 0.2) is 5.76 Å². The van der Waals surface area contributed by atoms with Crippen molar-refractivity contribution in [2.24, 2.45) is 11.1 Å². The summed E-state index contributed by atoms with van der Waals surface area (Å²) in [5.41, 5.74) is 4.77. The van der Waals surface area contributed by atoms with E-state index >= 15 is 0 Å². The van der Waals surface area contributed by atoms with Crippen LogP contribution in [0.25, 0.3) is 0 Å². The first-order chi connectivity index (χ1) is 8.25. The molecule has 1 amide bonds. The number of amides is 1. The summed E-state index contributed by atoms with van der Waals surface area (Å²) < 4.78 is 5.16. The zero-order valence-electron chi connectivity index (χ0n) is 10.7. The molecule has 0 aliphatic rings. The Balaban J connectivity index is 2.82. The van der Waals surface area contributed by atoms with E-state index in [1.165, 1.54) is 6.07 Å². The molecule has 0 spiro atoms. The highest BCUT2D eigenvalue weighted by Crippen LogP contribution is 2.20. The lowest BCUT2D eigenvalue weighted by Crippen LogP contribution is -2.49. The Labute approximate surface area is 105 Å². The van der Waals surface area contributed by atoms with Crippen molar-refractivity contribution in [1.82, 2.24) is 5.32 Å². The van der Waals surface area contributed by atoms with Gasteiger partial charge in [-0.15, -0.1) is 0 Å². The molecule has 1 aromatic rings. The summed E-state index contributed by atoms with van der Waals surface area (Å²) in [5.74, 6) is -1.10. The van der Waals surface area contributed by atoms with E-state index in [1.807, 2.05) is 0 Å². The lowest BCUT2D eigenvalue weighted by atomic mass is 9.87. The number of aliphatic carboxylic acids is 1. The van der Waals surface area contributed by atoms with E-state index in [-0.39, 0.29) is 12.3 Å². The zero-order valence-corrected chi connectivity index (χ0v) is 10.7. The summed E-state index contributed by atoms with van der Waals surface area (Å²) in [7, 11) is 0. The second-order valence-electron chi connectivity index (χ2n) is 5.08. The average molecular weight is 254 g/mol. The van der Waals surface area contributed by atoms with Crippen molar-refractivity contribution in [2.45, 2.75) is 33.4 Å². The Kier molecular flexibility index (Phi) is 4.13. The summed E-state index contributed by atoms with van der Waals surface area (Å²) in [5, 5.41) is 11.5. The number of carboxylic acids is 1. The van der Waals surface area contributed by atoms with Gasteiger partial charge in [-0.2, -0.15) is 0 Å². The van der Waals surface area contributed by atoms with Crippen molar-refractivity contribution < 1.29 is 19.1 Å². The molecule has 100 valence electrons. The SMILES string of the molecule is CC(C)(C)C(NC(=O)c1ccc(CN)o1)C(=O)O. The van der Waals surface area contributed by atoms with Gasteiger partial charge in [0.1, 0.15) is 11.8 Å². The molecule has 1 rings (SSSR count). The highest BCUT2D eigenvalue weighted by Gasteiger charge is 2.33. The largest absolute Gasteiger partial charge is 0.480 e. The molecule has 6 nitrogen and oxygen atoms in total. The molecular weight excluding hydrogens is 236 g/mol. The third-order valence-corrected chi connectivity index (χ3v) is 2.48. The van der Waals surface area contributed by atoms with Gasteiger partial charge in [0.25, 0.3) is 5.91 Å². The Morgan fingerprint density at radius 3 is 2.44 bits per heavy atom. The Morgan fingerprint density at radius 1 is 1.44 bits per heavy atom. The van der Waals surface area contributed by atoms with Crippen LogP contribution in [0.15, 0.2) is 16.5 Å². The summed E-state index contributed by atoms with van der Waals surface area (Å²) in [6.07, 6.45) is 0. The van der Waals surface area contributed by atoms with Crippen molar-refractivity contribution in [3.8, 4) is 0 Å². The first-order valence-corrected chi connectivity index (χ1v) is 5.58. The number of nitrogens with one attached hydrogen (secondary N) is 1. The third kappa shape index (κ3) is 3.33. The Morgan fingerprint density at radius 2 is 2.06 bits per heavy atom. The van der Waals surface area contributed by atoms with Gasteiger partial charge in [0.2, 0.25) is 0 Å². The number of carboxylic acid groups (broad SMARTS) is 1. The number of rotatable bonds is 4. The van der Waals surface area contributed by atoms with Crippen molar-refractivity contribution in [3.05, 3.63) is 23.7 Å². The van der Waals surface area contributed by atoms with Gasteiger partial charge < -0.3 is 20.6 Å². The van der Waals surface area contributed by atoms with E-state index in [0.717, 1.165) is 0 Å². The number of nitrogens with two attached hydrogens (primary N) is 1. The van der Waals surface area contributed by atoms with Gasteiger partial charge in [-0.3, -0.25) is 4.79 Å². The van der Waals surface area contributed by atoms with Crippen LogP contribution in [0.5, 0.6) is 0 Å². The van der Waals surface area contributed by atoms with Crippen LogP contribution >= 0.6 is 0 Å². The number of carbonyl (C=O) groups excluding carboxylic acids is 1. The van der Waals surface area contributed by atoms with E-state index in [2.05, 4.69) is 5.32 Å². The zero-order chi connectivity index (χ0) is 13.9. The van der Waals surface area contributed by atoms with Crippen molar-refractivity contribution in [2.75, 3.05) is 0 Å². The van der Waals surface area contributed by atoms with E-state index in [0.29, 0.717) is 5.76 Å². The highest BCUT2D eigenvalue weighted by atomic mass is 16.4. The van der Waals surface area contributed by atoms with Gasteiger partial charge in [-0.05, 0) is 17.5 Å². The molecule has 0 fully saturated rings. The molecule has 6 heteroatoms. The van der Waals surface area contributed by atoms with Crippen LogP contribution in [-0.4, -0.2) is 23.0 Å². The third-order valence-electron chi connectivity index (χ3n) is 2.48. The second kappa shape index (κ2) is 5.22. The number of furan rings is 1. The van der Waals surface area contributed by atoms with Crippen LogP contribution in [0.3, 0.4) is 0 Å². The minimum atomic E-state index is -1.08. The van der Waals surface area contributed by atoms with Gasteiger partial charge in [0.05, 0.1) is 6.54 Å². The summed E-state index contributed by atoms with van der Waals surface area (Å²) in [4.78, 5) is 22.9. The summed E-state index contributed by atoms with van der Waals surface area (Å²) in [6.45, 7) is 5.40. The number of hydrogen-bond acceptors (Lipinski definition) is 4. The van der Waals surface area contributed by atoms with Gasteiger partial charge in [-0.25, -0.2) is 4.79 Å². The number of hydrogen-bond donors (Lipinski definition) is 3. The maximum Gasteiger partial charge on any atom is 0.326 e. The minimum Gasteiger partial charge on any atom is -0.480 e. The highest BCUT2D eigenvalue weighted by molar-refractivity contribution is 5.94. The maximum absolute atomic E-state index is 11.8. The molecule has 1 unspecified atom stereocenters. The second-order valence-corrected chi connectivity index (χ2v) is 5.08. The Bertz CT molecular complexity index is 445. The Hall–Kier alpha value is -1.82. The topological polar surface area (TPSA) is 106 Å². The lowest BCUT2D eigenvalue weighted by molar-refractivity contribution is -0.142. The maximum atomic E-state index is 11.8. The van der Waals surface area contributed by atoms with Gasteiger partial charge in [0, 0.05) is 0 Å². The van der Waals surface area contributed by atoms with E-state index in [9.17, 15) is 9.59 Å². The quantitative estimate of drug-likeness (QED) is 0.742. The molecule has 0 saturated heterocycles.